The molecule has 0 spiro atoms. The third-order valence-corrected chi connectivity index (χ3v) is 4.36. The molecule has 2 rings (SSSR count). The number of likely N-dealkylation sites (tertiary alicyclic amines) is 1. The van der Waals surface area contributed by atoms with Crippen LogP contribution in [0, 0.1) is 5.92 Å². The van der Waals surface area contributed by atoms with E-state index >= 15 is 0 Å². The summed E-state index contributed by atoms with van der Waals surface area (Å²) in [5, 5.41) is 5.86. The van der Waals surface area contributed by atoms with Crippen molar-refractivity contribution in [3.05, 3.63) is 23.8 Å². The Hall–Kier alpha value is -1.95. The molecule has 134 valence electrons. The number of hydrogen-bond donors (Lipinski definition) is 2. The Bertz CT molecular complexity index is 536. The minimum absolute atomic E-state index is 0.126. The first kappa shape index (κ1) is 18.4. The Balaban J connectivity index is 1.72. The molecule has 1 aromatic rings. The van der Waals surface area contributed by atoms with Crippen molar-refractivity contribution in [1.82, 2.24) is 15.5 Å². The van der Waals surface area contributed by atoms with E-state index in [9.17, 15) is 4.79 Å². The zero-order valence-electron chi connectivity index (χ0n) is 14.9. The smallest absolute Gasteiger partial charge is 0.315 e. The van der Waals surface area contributed by atoms with Crippen LogP contribution in [0.2, 0.25) is 0 Å². The highest BCUT2D eigenvalue weighted by atomic mass is 16.5. The van der Waals surface area contributed by atoms with E-state index in [0.717, 1.165) is 38.2 Å². The first-order valence-corrected chi connectivity index (χ1v) is 8.61. The number of carbonyl (C=O) groups is 1. The third-order valence-electron chi connectivity index (χ3n) is 4.36. The van der Waals surface area contributed by atoms with Gasteiger partial charge in [0.05, 0.1) is 14.2 Å². The van der Waals surface area contributed by atoms with E-state index in [2.05, 4.69) is 22.5 Å². The minimum Gasteiger partial charge on any atom is -0.493 e. The number of nitrogens with zero attached hydrogens (tertiary/aromatic N) is 1. The van der Waals surface area contributed by atoms with E-state index < -0.39 is 0 Å². The van der Waals surface area contributed by atoms with Gasteiger partial charge < -0.3 is 25.0 Å². The van der Waals surface area contributed by atoms with Crippen molar-refractivity contribution in [3.63, 3.8) is 0 Å². The summed E-state index contributed by atoms with van der Waals surface area (Å²) in [5.74, 6) is 1.91. The molecular weight excluding hydrogens is 306 g/mol. The van der Waals surface area contributed by atoms with Crippen LogP contribution in [-0.4, -0.2) is 51.3 Å². The van der Waals surface area contributed by atoms with Crippen LogP contribution in [0.3, 0.4) is 0 Å². The van der Waals surface area contributed by atoms with Gasteiger partial charge in [0.15, 0.2) is 11.5 Å². The summed E-state index contributed by atoms with van der Waals surface area (Å²) in [6.45, 7) is 6.78. The number of rotatable bonds is 8. The van der Waals surface area contributed by atoms with Crippen LogP contribution in [0.25, 0.3) is 0 Å². The number of hydrogen-bond acceptors (Lipinski definition) is 4. The monoisotopic (exact) mass is 335 g/mol. The number of urea groups is 1. The average Bonchev–Trinajstić information content (AvgIpc) is 3.05. The second kappa shape index (κ2) is 9.37. The van der Waals surface area contributed by atoms with Crippen LogP contribution in [0.4, 0.5) is 4.79 Å². The van der Waals surface area contributed by atoms with Crippen molar-refractivity contribution in [2.75, 3.05) is 40.4 Å². The van der Waals surface area contributed by atoms with Gasteiger partial charge in [-0.15, -0.1) is 0 Å². The topological polar surface area (TPSA) is 62.8 Å². The minimum atomic E-state index is -0.126. The van der Waals surface area contributed by atoms with Crippen molar-refractivity contribution in [2.45, 2.75) is 26.3 Å². The Morgan fingerprint density at radius 2 is 2.04 bits per heavy atom. The average molecular weight is 335 g/mol. The van der Waals surface area contributed by atoms with E-state index in [4.69, 9.17) is 9.47 Å². The Labute approximate surface area is 144 Å². The molecule has 1 unspecified atom stereocenters. The van der Waals surface area contributed by atoms with Gasteiger partial charge >= 0.3 is 6.03 Å². The molecule has 0 saturated carbocycles. The second-order valence-corrected chi connectivity index (χ2v) is 6.21. The van der Waals surface area contributed by atoms with Gasteiger partial charge in [0.2, 0.25) is 0 Å². The van der Waals surface area contributed by atoms with E-state index in [-0.39, 0.29) is 6.03 Å². The van der Waals surface area contributed by atoms with Gasteiger partial charge in [-0.3, -0.25) is 0 Å². The predicted molar refractivity (Wildman–Crippen MR) is 94.6 cm³/mol. The molecule has 1 fully saturated rings. The van der Waals surface area contributed by atoms with Crippen molar-refractivity contribution in [2.24, 2.45) is 5.92 Å². The molecule has 1 aliphatic rings. The first-order chi connectivity index (χ1) is 11.7. The summed E-state index contributed by atoms with van der Waals surface area (Å²) in [5.41, 5.74) is 0.970. The van der Waals surface area contributed by atoms with Crippen LogP contribution >= 0.6 is 0 Å². The molecule has 1 aliphatic heterocycles. The largest absolute Gasteiger partial charge is 0.493 e. The summed E-state index contributed by atoms with van der Waals surface area (Å²) in [4.78, 5) is 14.4. The predicted octanol–water partition coefficient (Wildman–Crippen LogP) is 2.23. The molecule has 0 aromatic heterocycles. The van der Waals surface area contributed by atoms with E-state index in [0.29, 0.717) is 24.0 Å². The number of benzene rings is 1. The number of methoxy groups -OCH3 is 2. The van der Waals surface area contributed by atoms with Crippen LogP contribution < -0.4 is 20.1 Å². The molecule has 0 bridgehead atoms. The molecule has 2 amide bonds. The lowest BCUT2D eigenvalue weighted by atomic mass is 10.1. The molecule has 1 heterocycles. The van der Waals surface area contributed by atoms with Gasteiger partial charge in [0.1, 0.15) is 0 Å². The fourth-order valence-corrected chi connectivity index (χ4v) is 3.07. The summed E-state index contributed by atoms with van der Waals surface area (Å²) in [7, 11) is 3.21. The highest BCUT2D eigenvalue weighted by Gasteiger charge is 2.21. The van der Waals surface area contributed by atoms with Gasteiger partial charge in [-0.25, -0.2) is 4.79 Å². The van der Waals surface area contributed by atoms with Crippen molar-refractivity contribution >= 4 is 6.03 Å². The summed E-state index contributed by atoms with van der Waals surface area (Å²) >= 11 is 0. The molecule has 6 heteroatoms. The molecule has 0 radical (unpaired) electrons. The quantitative estimate of drug-likeness (QED) is 0.765. The van der Waals surface area contributed by atoms with E-state index in [1.54, 1.807) is 14.2 Å². The SMILES string of the molecule is CCCN1CCC(CNC(=O)NCc2ccc(OC)c(OC)c2)C1. The Morgan fingerprint density at radius 3 is 2.75 bits per heavy atom. The maximum atomic E-state index is 12.0. The number of amides is 2. The zero-order valence-corrected chi connectivity index (χ0v) is 14.9. The zero-order chi connectivity index (χ0) is 17.4. The van der Waals surface area contributed by atoms with Crippen LogP contribution in [-0.2, 0) is 6.54 Å². The van der Waals surface area contributed by atoms with Gasteiger partial charge in [0.25, 0.3) is 0 Å². The number of nitrogens with one attached hydrogen (secondary N) is 2. The molecular formula is C18H29N3O3. The summed E-state index contributed by atoms with van der Waals surface area (Å²) < 4.78 is 10.5. The van der Waals surface area contributed by atoms with Crippen LogP contribution in [0.15, 0.2) is 18.2 Å². The van der Waals surface area contributed by atoms with Gasteiger partial charge in [-0.05, 0) is 49.5 Å². The molecule has 1 atom stereocenters. The van der Waals surface area contributed by atoms with E-state index in [1.165, 1.54) is 6.42 Å². The highest BCUT2D eigenvalue weighted by Crippen LogP contribution is 2.27. The lowest BCUT2D eigenvalue weighted by Crippen LogP contribution is -2.38. The van der Waals surface area contributed by atoms with Crippen LogP contribution in [0.5, 0.6) is 11.5 Å². The van der Waals surface area contributed by atoms with Crippen molar-refractivity contribution < 1.29 is 14.3 Å². The Kier molecular flexibility index (Phi) is 7.18. The van der Waals surface area contributed by atoms with E-state index in [1.807, 2.05) is 18.2 Å². The lowest BCUT2D eigenvalue weighted by Gasteiger charge is -2.15. The highest BCUT2D eigenvalue weighted by molar-refractivity contribution is 5.73. The third kappa shape index (κ3) is 5.30. The van der Waals surface area contributed by atoms with Crippen LogP contribution in [0.1, 0.15) is 25.3 Å². The molecule has 2 N–H and O–H groups in total. The van der Waals surface area contributed by atoms with Gasteiger partial charge in [0, 0.05) is 19.6 Å². The lowest BCUT2D eigenvalue weighted by molar-refractivity contribution is 0.238. The van der Waals surface area contributed by atoms with Gasteiger partial charge in [-0.2, -0.15) is 0 Å². The standard InChI is InChI=1S/C18H29N3O3/c1-4-8-21-9-7-15(13-21)12-20-18(22)19-11-14-5-6-16(23-2)17(10-14)24-3/h5-6,10,15H,4,7-9,11-13H2,1-3H3,(H2,19,20,22). The molecule has 1 aromatic carbocycles. The number of ether oxygens (including phenoxy) is 2. The molecule has 0 aliphatic carbocycles. The summed E-state index contributed by atoms with van der Waals surface area (Å²) in [6, 6.07) is 5.51. The normalized spacial score (nSPS) is 17.5. The van der Waals surface area contributed by atoms with Crippen molar-refractivity contribution in [1.29, 1.82) is 0 Å². The maximum Gasteiger partial charge on any atom is 0.315 e. The fraction of sp³-hybridized carbons (Fsp3) is 0.611. The molecule has 6 nitrogen and oxygen atoms in total. The van der Waals surface area contributed by atoms with Crippen molar-refractivity contribution in [3.8, 4) is 11.5 Å². The summed E-state index contributed by atoms with van der Waals surface area (Å²) in [6.07, 6.45) is 2.35. The number of carbonyl (C=O) groups excluding carboxylic acids is 1. The molecule has 1 saturated heterocycles. The molecule has 24 heavy (non-hydrogen) atoms. The first-order valence-electron chi connectivity index (χ1n) is 8.61. The van der Waals surface area contributed by atoms with Gasteiger partial charge in [-0.1, -0.05) is 13.0 Å². The fourth-order valence-electron chi connectivity index (χ4n) is 3.07. The second-order valence-electron chi connectivity index (χ2n) is 6.21. The maximum absolute atomic E-state index is 12.0. The Morgan fingerprint density at radius 1 is 1.25 bits per heavy atom.